The van der Waals surface area contributed by atoms with Crippen molar-refractivity contribution in [3.8, 4) is 0 Å². The van der Waals surface area contributed by atoms with Crippen LogP contribution in [0.4, 0.5) is 0 Å². The normalized spacial score (nSPS) is 14.2. The fourth-order valence-electron chi connectivity index (χ4n) is 2.64. The molecule has 0 radical (unpaired) electrons. The highest BCUT2D eigenvalue weighted by molar-refractivity contribution is 5.87. The first kappa shape index (κ1) is 13.8. The number of pyridine rings is 1. The van der Waals surface area contributed by atoms with E-state index >= 15 is 0 Å². The molecule has 0 atom stereocenters. The molecule has 5 heteroatoms. The van der Waals surface area contributed by atoms with E-state index in [2.05, 4.69) is 0 Å². The lowest BCUT2D eigenvalue weighted by molar-refractivity contribution is 0.0694. The minimum Gasteiger partial charge on any atom is -0.477 e. The van der Waals surface area contributed by atoms with E-state index < -0.39 is 5.97 Å². The third kappa shape index (κ3) is 2.87. The number of aromatic nitrogens is 1. The first-order valence-electron chi connectivity index (χ1n) is 6.63. The van der Waals surface area contributed by atoms with Crippen LogP contribution in [0.5, 0.6) is 0 Å². The van der Waals surface area contributed by atoms with Crippen molar-refractivity contribution in [1.82, 2.24) is 4.57 Å². The summed E-state index contributed by atoms with van der Waals surface area (Å²) in [5, 5.41) is 9.13. The third-order valence-electron chi connectivity index (χ3n) is 3.56. The summed E-state index contributed by atoms with van der Waals surface area (Å²) in [5.74, 6) is -1.14. The van der Waals surface area contributed by atoms with Crippen LogP contribution in [0.2, 0.25) is 0 Å². The fraction of sp³-hybridized carbons (Fsp3) is 0.571. The predicted molar refractivity (Wildman–Crippen MR) is 70.8 cm³/mol. The Hall–Kier alpha value is -1.62. The minimum atomic E-state index is -1.14. The maximum atomic E-state index is 12.2. The van der Waals surface area contributed by atoms with E-state index in [1.807, 2.05) is 0 Å². The van der Waals surface area contributed by atoms with Gasteiger partial charge in [0.15, 0.2) is 0 Å². The number of fused-ring (bicyclic) bond motifs is 1. The van der Waals surface area contributed by atoms with E-state index in [0.717, 1.165) is 36.9 Å². The molecule has 1 N–H and O–H groups in total. The molecule has 104 valence electrons. The fourth-order valence-corrected chi connectivity index (χ4v) is 2.64. The SMILES string of the molecule is COCCCn1c2c(cc(C(=O)O)c1=O)CCCC2. The largest absolute Gasteiger partial charge is 0.477 e. The van der Waals surface area contributed by atoms with Crippen molar-refractivity contribution < 1.29 is 14.6 Å². The summed E-state index contributed by atoms with van der Waals surface area (Å²) in [6.07, 6.45) is 4.55. The predicted octanol–water partition coefficient (Wildman–Crippen LogP) is 1.46. The van der Waals surface area contributed by atoms with Gasteiger partial charge in [0.2, 0.25) is 0 Å². The van der Waals surface area contributed by atoms with Gasteiger partial charge in [-0.25, -0.2) is 4.79 Å². The summed E-state index contributed by atoms with van der Waals surface area (Å²) < 4.78 is 6.63. The summed E-state index contributed by atoms with van der Waals surface area (Å²) in [7, 11) is 1.62. The molecule has 1 aliphatic carbocycles. The van der Waals surface area contributed by atoms with Crippen LogP contribution >= 0.6 is 0 Å². The van der Waals surface area contributed by atoms with Gasteiger partial charge in [-0.05, 0) is 43.7 Å². The molecule has 0 spiro atoms. The van der Waals surface area contributed by atoms with Gasteiger partial charge in [0.1, 0.15) is 5.56 Å². The molecule has 0 bridgehead atoms. The molecule has 0 unspecified atom stereocenters. The Morgan fingerprint density at radius 3 is 2.84 bits per heavy atom. The standard InChI is InChI=1S/C14H19NO4/c1-19-8-4-7-15-12-6-3-2-5-10(12)9-11(13(15)16)14(17)18/h9H,2-8H2,1H3,(H,17,18). The van der Waals surface area contributed by atoms with Crippen molar-refractivity contribution in [2.24, 2.45) is 0 Å². The molecule has 5 nitrogen and oxygen atoms in total. The smallest absolute Gasteiger partial charge is 0.341 e. The molecule has 0 amide bonds. The Labute approximate surface area is 111 Å². The van der Waals surface area contributed by atoms with Crippen LogP contribution in [-0.4, -0.2) is 29.4 Å². The van der Waals surface area contributed by atoms with Crippen LogP contribution in [0.3, 0.4) is 0 Å². The molecular formula is C14H19NO4. The van der Waals surface area contributed by atoms with Gasteiger partial charge in [-0.15, -0.1) is 0 Å². The minimum absolute atomic E-state index is 0.113. The van der Waals surface area contributed by atoms with Gasteiger partial charge in [0.05, 0.1) is 0 Å². The topological polar surface area (TPSA) is 68.5 Å². The van der Waals surface area contributed by atoms with Crippen LogP contribution in [0, 0.1) is 0 Å². The summed E-state index contributed by atoms with van der Waals surface area (Å²) in [5.41, 5.74) is 1.53. The number of carbonyl (C=O) groups is 1. The third-order valence-corrected chi connectivity index (χ3v) is 3.56. The second-order valence-corrected chi connectivity index (χ2v) is 4.85. The number of aryl methyl sites for hydroxylation is 1. The zero-order chi connectivity index (χ0) is 13.8. The molecule has 0 fully saturated rings. The van der Waals surface area contributed by atoms with Gasteiger partial charge in [-0.3, -0.25) is 4.79 Å². The van der Waals surface area contributed by atoms with Crippen LogP contribution in [0.15, 0.2) is 10.9 Å². The Kier molecular flexibility index (Phi) is 4.37. The molecule has 1 aromatic heterocycles. The average Bonchev–Trinajstić information content (AvgIpc) is 2.40. The molecule has 0 saturated carbocycles. The molecule has 1 aromatic rings. The van der Waals surface area contributed by atoms with Gasteiger partial charge < -0.3 is 14.4 Å². The highest BCUT2D eigenvalue weighted by atomic mass is 16.5. The Morgan fingerprint density at radius 1 is 1.42 bits per heavy atom. The second kappa shape index (κ2) is 6.02. The molecule has 2 rings (SSSR count). The van der Waals surface area contributed by atoms with Gasteiger partial charge in [-0.1, -0.05) is 0 Å². The van der Waals surface area contributed by atoms with E-state index in [1.165, 1.54) is 0 Å². The quantitative estimate of drug-likeness (QED) is 0.818. The summed E-state index contributed by atoms with van der Waals surface area (Å²) >= 11 is 0. The first-order chi connectivity index (χ1) is 9.15. The number of hydrogen-bond donors (Lipinski definition) is 1. The van der Waals surface area contributed by atoms with Gasteiger partial charge >= 0.3 is 5.97 Å². The molecule has 0 saturated heterocycles. The van der Waals surface area contributed by atoms with E-state index in [0.29, 0.717) is 19.6 Å². The van der Waals surface area contributed by atoms with E-state index in [9.17, 15) is 9.59 Å². The number of hydrogen-bond acceptors (Lipinski definition) is 3. The number of methoxy groups -OCH3 is 1. The maximum absolute atomic E-state index is 12.2. The summed E-state index contributed by atoms with van der Waals surface area (Å²) in [6.45, 7) is 1.09. The highest BCUT2D eigenvalue weighted by Crippen LogP contribution is 2.21. The number of carboxylic acid groups (broad SMARTS) is 1. The van der Waals surface area contributed by atoms with Crippen LogP contribution in [0.25, 0.3) is 0 Å². The molecular weight excluding hydrogens is 246 g/mol. The highest BCUT2D eigenvalue weighted by Gasteiger charge is 2.20. The average molecular weight is 265 g/mol. The lowest BCUT2D eigenvalue weighted by Gasteiger charge is -2.21. The molecule has 19 heavy (non-hydrogen) atoms. The zero-order valence-corrected chi connectivity index (χ0v) is 11.1. The monoisotopic (exact) mass is 265 g/mol. The van der Waals surface area contributed by atoms with Crippen molar-refractivity contribution in [3.05, 3.63) is 33.2 Å². The van der Waals surface area contributed by atoms with Gasteiger partial charge in [0.25, 0.3) is 5.56 Å². The van der Waals surface area contributed by atoms with Crippen LogP contribution in [0.1, 0.15) is 40.9 Å². The van der Waals surface area contributed by atoms with Crippen LogP contribution in [-0.2, 0) is 24.1 Å². The number of aromatic carboxylic acids is 1. The second-order valence-electron chi connectivity index (χ2n) is 4.85. The Bertz CT molecular complexity index is 533. The molecule has 1 aliphatic rings. The first-order valence-corrected chi connectivity index (χ1v) is 6.63. The van der Waals surface area contributed by atoms with Crippen molar-refractivity contribution in [1.29, 1.82) is 0 Å². The zero-order valence-electron chi connectivity index (χ0n) is 11.1. The number of carboxylic acids is 1. The summed E-state index contributed by atoms with van der Waals surface area (Å²) in [4.78, 5) is 23.4. The summed E-state index contributed by atoms with van der Waals surface area (Å²) in [6, 6.07) is 1.56. The van der Waals surface area contributed by atoms with Gasteiger partial charge in [0, 0.05) is 26.0 Å². The molecule has 1 heterocycles. The van der Waals surface area contributed by atoms with Crippen LogP contribution < -0.4 is 5.56 Å². The van der Waals surface area contributed by atoms with E-state index in [1.54, 1.807) is 17.7 Å². The Balaban J connectivity index is 2.44. The van der Waals surface area contributed by atoms with E-state index in [4.69, 9.17) is 9.84 Å². The lowest BCUT2D eigenvalue weighted by atomic mass is 9.94. The van der Waals surface area contributed by atoms with Crippen molar-refractivity contribution in [3.63, 3.8) is 0 Å². The van der Waals surface area contributed by atoms with Gasteiger partial charge in [-0.2, -0.15) is 0 Å². The maximum Gasteiger partial charge on any atom is 0.341 e. The van der Waals surface area contributed by atoms with Crippen molar-refractivity contribution in [2.45, 2.75) is 38.6 Å². The lowest BCUT2D eigenvalue weighted by Crippen LogP contribution is -2.31. The van der Waals surface area contributed by atoms with Crippen molar-refractivity contribution >= 4 is 5.97 Å². The van der Waals surface area contributed by atoms with Crippen molar-refractivity contribution in [2.75, 3.05) is 13.7 Å². The van der Waals surface area contributed by atoms with E-state index in [-0.39, 0.29) is 11.1 Å². The number of rotatable bonds is 5. The number of ether oxygens (including phenoxy) is 1. The molecule has 0 aromatic carbocycles. The number of nitrogens with zero attached hydrogens (tertiary/aromatic N) is 1. The molecule has 0 aliphatic heterocycles. The Morgan fingerprint density at radius 2 is 2.16 bits per heavy atom.